The van der Waals surface area contributed by atoms with Gasteiger partial charge in [0.1, 0.15) is 17.6 Å². The van der Waals surface area contributed by atoms with Crippen molar-refractivity contribution in [1.82, 2.24) is 0 Å². The van der Waals surface area contributed by atoms with Gasteiger partial charge >= 0.3 is 23.9 Å². The van der Waals surface area contributed by atoms with Gasteiger partial charge < -0.3 is 51.5 Å². The van der Waals surface area contributed by atoms with Gasteiger partial charge in [-0.25, -0.2) is 14.4 Å². The van der Waals surface area contributed by atoms with E-state index >= 15 is 0 Å². The lowest BCUT2D eigenvalue weighted by Gasteiger charge is -2.70. The molecule has 1 heterocycles. The fourth-order valence-corrected chi connectivity index (χ4v) is 9.15. The molecule has 1 saturated heterocycles. The quantitative estimate of drug-likeness (QED) is 0.0405. The maximum Gasteiger partial charge on any atom is 0.348 e. The van der Waals surface area contributed by atoms with Gasteiger partial charge in [0.25, 0.3) is 0 Å². The van der Waals surface area contributed by atoms with E-state index in [1.165, 1.54) is 6.92 Å². The maximum atomic E-state index is 13.8. The summed E-state index contributed by atoms with van der Waals surface area (Å²) in [4.78, 5) is 70.9. The minimum absolute atomic E-state index is 0.0325. The van der Waals surface area contributed by atoms with Crippen molar-refractivity contribution in [2.45, 2.75) is 90.8 Å². The van der Waals surface area contributed by atoms with E-state index in [4.69, 9.17) is 36.1 Å². The number of allylic oxidation sites excluding steroid dienone is 3. The summed E-state index contributed by atoms with van der Waals surface area (Å²) in [7, 11) is 1.07. The number of carbonyl (C=O) groups is 5. The molecule has 272 valence electrons. The highest BCUT2D eigenvalue weighted by Gasteiger charge is 2.80. The Kier molecular flexibility index (Phi) is 10.7. The van der Waals surface area contributed by atoms with Gasteiger partial charge in [0.15, 0.2) is 17.5 Å². The van der Waals surface area contributed by atoms with Crippen LogP contribution < -0.4 is 17.2 Å². The number of Topliss-reactive ketones (excluding diaryl/α,β-unsaturated/α-hetero) is 1. The number of fused-ring (bicyclic) bond motifs is 2. The summed E-state index contributed by atoms with van der Waals surface area (Å²) in [6.45, 7) is 7.27. The zero-order valence-electron chi connectivity index (χ0n) is 28.6. The van der Waals surface area contributed by atoms with Gasteiger partial charge in [0, 0.05) is 36.3 Å². The summed E-state index contributed by atoms with van der Waals surface area (Å²) in [5.74, 6) is -8.12. The monoisotopic (exact) mass is 692 g/mol. The average molecular weight is 693 g/mol. The summed E-state index contributed by atoms with van der Waals surface area (Å²) in [5, 5.41) is 35.1. The largest absolute Gasteiger partial charge is 0.469 e. The molecule has 4 aliphatic rings. The Bertz CT molecular complexity index is 1490. The Morgan fingerprint density at radius 3 is 2.37 bits per heavy atom. The lowest BCUT2D eigenvalue weighted by molar-refractivity contribution is -0.326. The van der Waals surface area contributed by atoms with Crippen LogP contribution in [0.25, 0.3) is 0 Å². The van der Waals surface area contributed by atoms with E-state index in [0.717, 1.165) is 13.2 Å². The lowest BCUT2D eigenvalue weighted by Crippen LogP contribution is -2.80. The predicted molar refractivity (Wildman–Crippen MR) is 170 cm³/mol. The first-order valence-corrected chi connectivity index (χ1v) is 16.2. The standard InChI is InChI=1S/C33H48N4O12/c1-14(2)10-20(40)48-23-25-32(5,29(45)46-6)26(42)21(41)24-31(4)12-18(39)22(49-27(43)17(34)8-7-9-37-30(35)36)15(3)16(31)11-19(47-28(23)44)33(24,25)13-38/h10,16-17,19,21,23-26,38,41-42H,7-9,11-13,34H2,1-6H3,(H4,35,36,37)/t16-,17-,19+,21+,23+,24?,25-,26-,31-,32?,33+/m0/s1. The Labute approximate surface area is 284 Å². The maximum absolute atomic E-state index is 13.8. The molecule has 2 unspecified atom stereocenters. The van der Waals surface area contributed by atoms with Gasteiger partial charge in [-0.05, 0) is 63.9 Å². The predicted octanol–water partition coefficient (Wildman–Crippen LogP) is -0.887. The number of aliphatic hydroxyl groups excluding tert-OH is 3. The molecule has 0 amide bonds. The summed E-state index contributed by atoms with van der Waals surface area (Å²) in [5.41, 5.74) is 12.5. The summed E-state index contributed by atoms with van der Waals surface area (Å²) in [6, 6.07) is -1.10. The molecule has 16 heteroatoms. The molecule has 4 rings (SSSR count). The number of ketones is 1. The number of aliphatic hydroxyl groups is 3. The van der Waals surface area contributed by atoms with Gasteiger partial charge in [-0.1, -0.05) is 12.5 Å². The number of ether oxygens (including phenoxy) is 4. The molecule has 9 N–H and O–H groups in total. The molecule has 1 aliphatic heterocycles. The Balaban J connectivity index is 1.82. The van der Waals surface area contributed by atoms with Crippen LogP contribution in [0.5, 0.6) is 0 Å². The van der Waals surface area contributed by atoms with E-state index in [1.807, 2.05) is 0 Å². The van der Waals surface area contributed by atoms with Gasteiger partial charge in [-0.3, -0.25) is 14.6 Å². The third-order valence-corrected chi connectivity index (χ3v) is 11.1. The minimum Gasteiger partial charge on any atom is -0.469 e. The van der Waals surface area contributed by atoms with E-state index in [-0.39, 0.29) is 37.5 Å². The van der Waals surface area contributed by atoms with Gasteiger partial charge in [0.05, 0.1) is 25.9 Å². The van der Waals surface area contributed by atoms with Crippen molar-refractivity contribution in [3.05, 3.63) is 23.0 Å². The molecule has 0 aromatic carbocycles. The molecule has 3 aliphatic carbocycles. The van der Waals surface area contributed by atoms with Crippen molar-refractivity contribution in [3.63, 3.8) is 0 Å². The number of carbonyl (C=O) groups excluding carboxylic acids is 5. The minimum atomic E-state index is -2.09. The van der Waals surface area contributed by atoms with Gasteiger partial charge in [-0.15, -0.1) is 0 Å². The molecule has 0 aromatic rings. The fraction of sp³-hybridized carbons (Fsp3) is 0.697. The average Bonchev–Trinajstić information content (AvgIpc) is 3.02. The molecule has 3 fully saturated rings. The SMILES string of the molecule is COC(=O)C1(C)[C@@H](O)[C@H](O)C2[C@@]3(CO)[C@@H](C[C@H]4C(C)=C(OC(=O)[C@@H](N)CCCN=C(N)N)C(=O)C[C@]24C)OC(=O)[C@H](OC(=O)C=C(C)C)[C@@H]13. The number of rotatable bonds is 10. The van der Waals surface area contributed by atoms with Crippen LogP contribution in [0.4, 0.5) is 0 Å². The second-order valence-corrected chi connectivity index (χ2v) is 14.3. The molecule has 0 radical (unpaired) electrons. The highest BCUT2D eigenvalue weighted by Crippen LogP contribution is 2.71. The first kappa shape index (κ1) is 38.0. The van der Waals surface area contributed by atoms with Crippen molar-refractivity contribution in [1.29, 1.82) is 0 Å². The normalized spacial score (nSPS) is 37.1. The number of hydrogen-bond donors (Lipinski definition) is 6. The topological polar surface area (TPSA) is 273 Å². The summed E-state index contributed by atoms with van der Waals surface area (Å²) < 4.78 is 22.2. The van der Waals surface area contributed by atoms with Crippen molar-refractivity contribution < 1.29 is 58.2 Å². The van der Waals surface area contributed by atoms with Crippen molar-refractivity contribution in [2.24, 2.45) is 56.2 Å². The number of nitrogens with two attached hydrogens (primary N) is 3. The molecule has 11 atom stereocenters. The van der Waals surface area contributed by atoms with E-state index in [2.05, 4.69) is 4.99 Å². The van der Waals surface area contributed by atoms with E-state index in [1.54, 1.807) is 27.7 Å². The van der Waals surface area contributed by atoms with Crippen LogP contribution in [0.15, 0.2) is 28.0 Å². The second kappa shape index (κ2) is 13.8. The number of nitrogens with zero attached hydrogens (tertiary/aromatic N) is 1. The van der Waals surface area contributed by atoms with Gasteiger partial charge in [-0.2, -0.15) is 0 Å². The number of aliphatic imine (C=N–C) groups is 1. The number of methoxy groups -OCH3 is 1. The lowest BCUT2D eigenvalue weighted by atomic mass is 9.35. The van der Waals surface area contributed by atoms with Crippen LogP contribution in [-0.4, -0.2) is 102 Å². The van der Waals surface area contributed by atoms with Crippen LogP contribution in [0.1, 0.15) is 60.3 Å². The summed E-state index contributed by atoms with van der Waals surface area (Å²) >= 11 is 0. The first-order valence-electron chi connectivity index (χ1n) is 16.2. The van der Waals surface area contributed by atoms with Crippen LogP contribution in [-0.2, 0) is 42.9 Å². The molecule has 16 nitrogen and oxygen atoms in total. The Morgan fingerprint density at radius 1 is 1.14 bits per heavy atom. The number of esters is 4. The zero-order chi connectivity index (χ0) is 36.8. The highest BCUT2D eigenvalue weighted by molar-refractivity contribution is 5.98. The fourth-order valence-electron chi connectivity index (χ4n) is 9.15. The van der Waals surface area contributed by atoms with Crippen LogP contribution >= 0.6 is 0 Å². The van der Waals surface area contributed by atoms with Crippen molar-refractivity contribution in [3.8, 4) is 0 Å². The molecular formula is C33H48N4O12. The molecular weight excluding hydrogens is 644 g/mol. The van der Waals surface area contributed by atoms with Crippen molar-refractivity contribution in [2.75, 3.05) is 20.3 Å². The van der Waals surface area contributed by atoms with E-state index < -0.39 is 101 Å². The third-order valence-electron chi connectivity index (χ3n) is 11.1. The first-order chi connectivity index (χ1) is 22.8. The smallest absolute Gasteiger partial charge is 0.348 e. The highest BCUT2D eigenvalue weighted by atomic mass is 16.6. The molecule has 0 spiro atoms. The Morgan fingerprint density at radius 2 is 1.80 bits per heavy atom. The van der Waals surface area contributed by atoms with E-state index in [0.29, 0.717) is 17.6 Å². The van der Waals surface area contributed by atoms with Crippen LogP contribution in [0.3, 0.4) is 0 Å². The van der Waals surface area contributed by atoms with Crippen LogP contribution in [0, 0.1) is 34.0 Å². The molecule has 49 heavy (non-hydrogen) atoms. The van der Waals surface area contributed by atoms with Crippen molar-refractivity contribution >= 4 is 35.6 Å². The molecule has 2 saturated carbocycles. The molecule has 0 aromatic heterocycles. The number of hydrogen-bond acceptors (Lipinski definition) is 14. The molecule has 0 bridgehead atoms. The number of guanidine groups is 1. The van der Waals surface area contributed by atoms with Gasteiger partial charge in [0.2, 0.25) is 6.10 Å². The second-order valence-electron chi connectivity index (χ2n) is 14.3. The van der Waals surface area contributed by atoms with E-state index in [9.17, 15) is 39.3 Å². The third kappa shape index (κ3) is 6.12. The zero-order valence-corrected chi connectivity index (χ0v) is 28.6. The summed E-state index contributed by atoms with van der Waals surface area (Å²) in [6.07, 6.45) is -5.37. The Hall–Kier alpha value is -3.86. The van der Waals surface area contributed by atoms with Crippen LogP contribution in [0.2, 0.25) is 0 Å².